The highest BCUT2D eigenvalue weighted by Crippen LogP contribution is 2.29. The summed E-state index contributed by atoms with van der Waals surface area (Å²) in [6, 6.07) is 8.11. The van der Waals surface area contributed by atoms with Gasteiger partial charge < -0.3 is 15.2 Å². The highest BCUT2D eigenvalue weighted by atomic mass is 16.1. The van der Waals surface area contributed by atoms with Crippen molar-refractivity contribution >= 4 is 22.8 Å². The fourth-order valence-electron chi connectivity index (χ4n) is 3.87. The third-order valence-corrected chi connectivity index (χ3v) is 5.27. The highest BCUT2D eigenvalue weighted by molar-refractivity contribution is 5.90. The number of nitrogens with one attached hydrogen (secondary N) is 2. The Kier molecular flexibility index (Phi) is 4.56. The van der Waals surface area contributed by atoms with Gasteiger partial charge in [-0.05, 0) is 37.8 Å². The van der Waals surface area contributed by atoms with Gasteiger partial charge in [0.15, 0.2) is 0 Å². The normalized spacial score (nSPS) is 16.2. The van der Waals surface area contributed by atoms with Crippen molar-refractivity contribution in [3.8, 4) is 0 Å². The van der Waals surface area contributed by atoms with E-state index in [4.69, 9.17) is 0 Å². The Morgan fingerprint density at radius 3 is 2.96 bits per heavy atom. The van der Waals surface area contributed by atoms with Crippen LogP contribution in [0, 0.1) is 6.92 Å². The molecule has 1 aromatic carbocycles. The van der Waals surface area contributed by atoms with Crippen molar-refractivity contribution in [3.63, 3.8) is 0 Å². The van der Waals surface area contributed by atoms with Crippen LogP contribution in [0.3, 0.4) is 0 Å². The third kappa shape index (κ3) is 3.39. The molecule has 27 heavy (non-hydrogen) atoms. The predicted octanol–water partition coefficient (Wildman–Crippen LogP) is 3.07. The summed E-state index contributed by atoms with van der Waals surface area (Å²) in [7, 11) is 3.88. The number of carbonyl (C=O) groups excluding carboxylic acids is 1. The van der Waals surface area contributed by atoms with E-state index in [0.717, 1.165) is 58.6 Å². The lowest BCUT2D eigenvalue weighted by Gasteiger charge is -2.26. The number of H-pyrrole nitrogens is 1. The molecule has 2 N–H and O–H groups in total. The van der Waals surface area contributed by atoms with Crippen LogP contribution in [-0.4, -0.2) is 35.0 Å². The summed E-state index contributed by atoms with van der Waals surface area (Å²) in [6.07, 6.45) is 5.13. The first-order chi connectivity index (χ1) is 13.0. The van der Waals surface area contributed by atoms with Crippen LogP contribution in [0.25, 0.3) is 10.9 Å². The predicted molar refractivity (Wildman–Crippen MR) is 107 cm³/mol. The van der Waals surface area contributed by atoms with E-state index in [1.165, 1.54) is 0 Å². The van der Waals surface area contributed by atoms with Gasteiger partial charge in [-0.2, -0.15) is 0 Å². The molecule has 1 atom stereocenters. The number of hydrogen-bond acceptors (Lipinski definition) is 4. The molecule has 0 radical (unpaired) electrons. The number of anilines is 1. The van der Waals surface area contributed by atoms with Gasteiger partial charge >= 0.3 is 0 Å². The summed E-state index contributed by atoms with van der Waals surface area (Å²) in [5.41, 5.74) is 5.29. The molecule has 4 rings (SSSR count). The van der Waals surface area contributed by atoms with E-state index < -0.39 is 0 Å². The molecule has 1 aliphatic rings. The van der Waals surface area contributed by atoms with E-state index in [-0.39, 0.29) is 11.9 Å². The molecule has 1 aliphatic carbocycles. The van der Waals surface area contributed by atoms with Gasteiger partial charge in [-0.3, -0.25) is 4.79 Å². The maximum absolute atomic E-state index is 12.8. The minimum Gasteiger partial charge on any atom is -0.358 e. The number of hydrogen-bond donors (Lipinski definition) is 2. The monoisotopic (exact) mass is 363 g/mol. The summed E-state index contributed by atoms with van der Waals surface area (Å²) in [6.45, 7) is 2.02. The maximum Gasteiger partial charge on any atom is 0.225 e. The maximum atomic E-state index is 12.8. The fourth-order valence-corrected chi connectivity index (χ4v) is 3.87. The first kappa shape index (κ1) is 17.5. The zero-order chi connectivity index (χ0) is 19.0. The average Bonchev–Trinajstić information content (AvgIpc) is 2.97. The Morgan fingerprint density at radius 2 is 2.15 bits per heavy atom. The van der Waals surface area contributed by atoms with E-state index in [1.54, 1.807) is 0 Å². The number of aromatic amines is 1. The highest BCUT2D eigenvalue weighted by Gasteiger charge is 2.24. The number of para-hydroxylation sites is 1. The van der Waals surface area contributed by atoms with E-state index in [0.29, 0.717) is 6.42 Å². The first-order valence-corrected chi connectivity index (χ1v) is 9.41. The number of amides is 1. The number of carbonyl (C=O) groups is 1. The van der Waals surface area contributed by atoms with Gasteiger partial charge in [-0.15, -0.1) is 0 Å². The lowest BCUT2D eigenvalue weighted by molar-refractivity contribution is -0.121. The van der Waals surface area contributed by atoms with Crippen LogP contribution in [0.15, 0.2) is 30.5 Å². The number of nitrogens with zero attached hydrogens (tertiary/aromatic N) is 3. The van der Waals surface area contributed by atoms with Crippen molar-refractivity contribution in [2.45, 2.75) is 38.6 Å². The molecule has 140 valence electrons. The van der Waals surface area contributed by atoms with Crippen molar-refractivity contribution in [1.82, 2.24) is 20.3 Å². The molecule has 0 fully saturated rings. The molecular formula is C21H25N5O. The quantitative estimate of drug-likeness (QED) is 0.747. The molecule has 0 bridgehead atoms. The van der Waals surface area contributed by atoms with E-state index in [9.17, 15) is 4.79 Å². The van der Waals surface area contributed by atoms with Crippen molar-refractivity contribution in [3.05, 3.63) is 53.0 Å². The van der Waals surface area contributed by atoms with Gasteiger partial charge in [0, 0.05) is 42.5 Å². The molecule has 0 saturated heterocycles. The Balaban J connectivity index is 1.53. The van der Waals surface area contributed by atoms with Gasteiger partial charge in [0.1, 0.15) is 0 Å². The van der Waals surface area contributed by atoms with Crippen LogP contribution in [0.2, 0.25) is 0 Å². The van der Waals surface area contributed by atoms with Crippen molar-refractivity contribution in [1.29, 1.82) is 0 Å². The molecule has 0 spiro atoms. The first-order valence-electron chi connectivity index (χ1n) is 9.41. The number of aromatic nitrogens is 3. The topological polar surface area (TPSA) is 73.9 Å². The minimum atomic E-state index is -0.0111. The number of benzene rings is 1. The zero-order valence-corrected chi connectivity index (χ0v) is 16.0. The molecule has 2 aromatic heterocycles. The van der Waals surface area contributed by atoms with Crippen molar-refractivity contribution in [2.75, 3.05) is 19.0 Å². The molecule has 1 amide bonds. The van der Waals surface area contributed by atoms with E-state index >= 15 is 0 Å². The van der Waals surface area contributed by atoms with Crippen LogP contribution in [0.5, 0.6) is 0 Å². The van der Waals surface area contributed by atoms with Crippen LogP contribution in [-0.2, 0) is 17.6 Å². The second-order valence-electron chi connectivity index (χ2n) is 7.43. The van der Waals surface area contributed by atoms with Gasteiger partial charge in [-0.1, -0.05) is 18.2 Å². The smallest absolute Gasteiger partial charge is 0.225 e. The lowest BCUT2D eigenvalue weighted by atomic mass is 9.92. The molecule has 6 heteroatoms. The zero-order valence-electron chi connectivity index (χ0n) is 16.0. The molecule has 6 nitrogen and oxygen atoms in total. The Labute approximate surface area is 159 Å². The standard InChI is InChI=1S/C21H25N5O/c1-13-15(14-7-4-5-8-17(14)23-13)11-20(27)24-18-9-6-10-19-16(18)12-22-21(25-19)26(2)3/h4-5,7-8,12,18,23H,6,9-11H2,1-3H3,(H,24,27)/t18-/m1/s1. The number of rotatable bonds is 4. The molecule has 0 saturated carbocycles. The van der Waals surface area contributed by atoms with Gasteiger partial charge in [0.25, 0.3) is 0 Å². The van der Waals surface area contributed by atoms with Crippen molar-refractivity contribution < 1.29 is 4.79 Å². The number of fused-ring (bicyclic) bond motifs is 2. The largest absolute Gasteiger partial charge is 0.358 e. The summed E-state index contributed by atoms with van der Waals surface area (Å²) in [5, 5.41) is 4.33. The Morgan fingerprint density at radius 1 is 1.33 bits per heavy atom. The third-order valence-electron chi connectivity index (χ3n) is 5.27. The number of aryl methyl sites for hydroxylation is 2. The molecule has 2 heterocycles. The van der Waals surface area contributed by atoms with Crippen LogP contribution < -0.4 is 10.2 Å². The van der Waals surface area contributed by atoms with Gasteiger partial charge in [0.05, 0.1) is 18.2 Å². The summed E-state index contributed by atoms with van der Waals surface area (Å²) >= 11 is 0. The van der Waals surface area contributed by atoms with Gasteiger partial charge in [0.2, 0.25) is 11.9 Å². The molecule has 0 unspecified atom stereocenters. The second kappa shape index (κ2) is 7.02. The Hall–Kier alpha value is -2.89. The van der Waals surface area contributed by atoms with E-state index in [2.05, 4.69) is 26.3 Å². The summed E-state index contributed by atoms with van der Waals surface area (Å²) in [5.74, 6) is 0.757. The van der Waals surface area contributed by atoms with Crippen LogP contribution in [0.1, 0.15) is 41.4 Å². The van der Waals surface area contributed by atoms with Crippen LogP contribution >= 0.6 is 0 Å². The lowest BCUT2D eigenvalue weighted by Crippen LogP contribution is -2.33. The fraction of sp³-hybridized carbons (Fsp3) is 0.381. The molecular weight excluding hydrogens is 338 g/mol. The summed E-state index contributed by atoms with van der Waals surface area (Å²) in [4.78, 5) is 27.2. The average molecular weight is 363 g/mol. The second-order valence-corrected chi connectivity index (χ2v) is 7.43. The SMILES string of the molecule is Cc1[nH]c2ccccc2c1CC(=O)N[C@@H]1CCCc2nc(N(C)C)ncc21. The van der Waals surface area contributed by atoms with Crippen LogP contribution in [0.4, 0.5) is 5.95 Å². The molecule has 0 aliphatic heterocycles. The molecule has 3 aromatic rings. The van der Waals surface area contributed by atoms with Gasteiger partial charge in [-0.25, -0.2) is 9.97 Å². The Bertz CT molecular complexity index is 991. The summed E-state index contributed by atoms with van der Waals surface area (Å²) < 4.78 is 0. The minimum absolute atomic E-state index is 0.0111. The van der Waals surface area contributed by atoms with E-state index in [1.807, 2.05) is 50.3 Å². The van der Waals surface area contributed by atoms with Crippen molar-refractivity contribution in [2.24, 2.45) is 0 Å².